The highest BCUT2D eigenvalue weighted by molar-refractivity contribution is 9.10. The van der Waals surface area contributed by atoms with E-state index in [0.29, 0.717) is 12.5 Å². The first kappa shape index (κ1) is 14.7. The fraction of sp³-hybridized carbons (Fsp3) is 0.625. The van der Waals surface area contributed by atoms with Crippen molar-refractivity contribution in [2.75, 3.05) is 6.61 Å². The highest BCUT2D eigenvalue weighted by atomic mass is 79.9. The van der Waals surface area contributed by atoms with E-state index in [-0.39, 0.29) is 11.7 Å². The largest absolute Gasteiger partial charge is 0.491 e. The summed E-state index contributed by atoms with van der Waals surface area (Å²) in [6.45, 7) is 0.644. The fourth-order valence-corrected chi connectivity index (χ4v) is 4.10. The molecule has 1 saturated heterocycles. The van der Waals surface area contributed by atoms with Crippen molar-refractivity contribution in [1.82, 2.24) is 0 Å². The monoisotopic (exact) mass is 358 g/mol. The van der Waals surface area contributed by atoms with Crippen molar-refractivity contribution < 1.29 is 9.47 Å². The van der Waals surface area contributed by atoms with Gasteiger partial charge in [-0.2, -0.15) is 0 Å². The van der Waals surface area contributed by atoms with Gasteiger partial charge in [-0.15, -0.1) is 11.6 Å². The Morgan fingerprint density at radius 2 is 2.10 bits per heavy atom. The zero-order chi connectivity index (χ0) is 14.0. The van der Waals surface area contributed by atoms with Gasteiger partial charge in [0, 0.05) is 10.4 Å². The van der Waals surface area contributed by atoms with Crippen LogP contribution in [0.25, 0.3) is 0 Å². The van der Waals surface area contributed by atoms with Crippen LogP contribution in [0.3, 0.4) is 0 Å². The van der Waals surface area contributed by atoms with Gasteiger partial charge < -0.3 is 9.47 Å². The lowest BCUT2D eigenvalue weighted by molar-refractivity contribution is -0.0508. The minimum absolute atomic E-state index is 0.190. The van der Waals surface area contributed by atoms with Crippen LogP contribution in [-0.2, 0) is 10.6 Å². The highest BCUT2D eigenvalue weighted by Crippen LogP contribution is 2.43. The number of ether oxygens (including phenoxy) is 2. The van der Waals surface area contributed by atoms with Crippen molar-refractivity contribution in [1.29, 1.82) is 0 Å². The van der Waals surface area contributed by atoms with E-state index in [4.69, 9.17) is 21.1 Å². The van der Waals surface area contributed by atoms with Crippen LogP contribution < -0.4 is 4.74 Å². The van der Waals surface area contributed by atoms with Crippen LogP contribution in [0.2, 0.25) is 0 Å². The maximum absolute atomic E-state index is 6.25. The molecule has 4 heteroatoms. The SMILES string of the molecule is ClCc1cc(OCC2CCC3(CCCC3)O2)ccc1Br. The molecule has 2 nitrogen and oxygen atoms in total. The topological polar surface area (TPSA) is 18.5 Å². The predicted octanol–water partition coefficient (Wildman–Crippen LogP) is 5.06. The summed E-state index contributed by atoms with van der Waals surface area (Å²) in [5.74, 6) is 1.36. The Labute approximate surface area is 133 Å². The van der Waals surface area contributed by atoms with Crippen molar-refractivity contribution in [3.05, 3.63) is 28.2 Å². The van der Waals surface area contributed by atoms with E-state index in [0.717, 1.165) is 22.2 Å². The summed E-state index contributed by atoms with van der Waals surface area (Å²) in [5.41, 5.74) is 1.25. The standard InChI is InChI=1S/C16H20BrClO2/c17-15-4-3-13(9-12(15)10-18)19-11-14-5-8-16(20-14)6-1-2-7-16/h3-4,9,14H,1-2,5-8,10-11H2. The molecule has 0 amide bonds. The molecule has 1 unspecified atom stereocenters. The summed E-state index contributed by atoms with van der Waals surface area (Å²) in [5, 5.41) is 0. The molecule has 20 heavy (non-hydrogen) atoms. The molecular weight excluding hydrogens is 340 g/mol. The highest BCUT2D eigenvalue weighted by Gasteiger charge is 2.42. The number of halogens is 2. The van der Waals surface area contributed by atoms with Crippen LogP contribution >= 0.6 is 27.5 Å². The second-order valence-electron chi connectivity index (χ2n) is 5.87. The smallest absolute Gasteiger partial charge is 0.119 e. The van der Waals surface area contributed by atoms with Gasteiger partial charge in [0.05, 0.1) is 11.7 Å². The van der Waals surface area contributed by atoms with Gasteiger partial charge in [0.1, 0.15) is 12.4 Å². The zero-order valence-electron chi connectivity index (χ0n) is 11.5. The molecule has 1 aromatic carbocycles. The lowest BCUT2D eigenvalue weighted by Crippen LogP contribution is -2.27. The van der Waals surface area contributed by atoms with Crippen LogP contribution in [0.5, 0.6) is 5.75 Å². The van der Waals surface area contributed by atoms with E-state index in [1.54, 1.807) is 0 Å². The molecule has 1 heterocycles. The maximum atomic E-state index is 6.25. The molecule has 0 N–H and O–H groups in total. The van der Waals surface area contributed by atoms with Crippen LogP contribution in [-0.4, -0.2) is 18.3 Å². The summed E-state index contributed by atoms with van der Waals surface area (Å²) in [4.78, 5) is 0. The molecule has 0 aromatic heterocycles. The van der Waals surface area contributed by atoms with Gasteiger partial charge in [-0.25, -0.2) is 0 Å². The molecular formula is C16H20BrClO2. The summed E-state index contributed by atoms with van der Waals surface area (Å²) in [6.07, 6.45) is 7.68. The molecule has 0 radical (unpaired) electrons. The van der Waals surface area contributed by atoms with E-state index >= 15 is 0 Å². The van der Waals surface area contributed by atoms with Crippen molar-refractivity contribution >= 4 is 27.5 Å². The molecule has 1 spiro atoms. The number of hydrogen-bond acceptors (Lipinski definition) is 2. The molecule has 2 aliphatic rings. The van der Waals surface area contributed by atoms with Crippen molar-refractivity contribution in [2.45, 2.75) is 56.1 Å². The first-order valence-corrected chi connectivity index (χ1v) is 8.69. The predicted molar refractivity (Wildman–Crippen MR) is 84.5 cm³/mol. The second-order valence-corrected chi connectivity index (χ2v) is 6.99. The number of hydrogen-bond donors (Lipinski definition) is 0. The molecule has 1 aromatic rings. The third-order valence-electron chi connectivity index (χ3n) is 4.45. The quantitative estimate of drug-likeness (QED) is 0.700. The first-order valence-electron chi connectivity index (χ1n) is 7.36. The molecule has 1 aliphatic heterocycles. The number of benzene rings is 1. The van der Waals surface area contributed by atoms with Crippen molar-refractivity contribution in [3.63, 3.8) is 0 Å². The fourth-order valence-electron chi connectivity index (χ4n) is 3.33. The minimum atomic E-state index is 0.190. The zero-order valence-corrected chi connectivity index (χ0v) is 13.9. The summed E-state index contributed by atoms with van der Waals surface area (Å²) in [7, 11) is 0. The van der Waals surface area contributed by atoms with Crippen LogP contribution in [0.4, 0.5) is 0 Å². The van der Waals surface area contributed by atoms with Crippen LogP contribution in [0, 0.1) is 0 Å². The van der Waals surface area contributed by atoms with E-state index in [1.807, 2.05) is 18.2 Å². The molecule has 0 bridgehead atoms. The Morgan fingerprint density at radius 3 is 2.85 bits per heavy atom. The Hall–Kier alpha value is -0.250. The van der Waals surface area contributed by atoms with Gasteiger partial charge >= 0.3 is 0 Å². The van der Waals surface area contributed by atoms with Gasteiger partial charge in [0.15, 0.2) is 0 Å². The van der Waals surface area contributed by atoms with Crippen molar-refractivity contribution in [2.24, 2.45) is 0 Å². The molecule has 1 aliphatic carbocycles. The van der Waals surface area contributed by atoms with Gasteiger partial charge in [0.2, 0.25) is 0 Å². The van der Waals surface area contributed by atoms with E-state index in [9.17, 15) is 0 Å². The molecule has 3 rings (SSSR count). The Balaban J connectivity index is 1.55. The van der Waals surface area contributed by atoms with Gasteiger partial charge in [-0.1, -0.05) is 28.8 Å². The van der Waals surface area contributed by atoms with E-state index < -0.39 is 0 Å². The maximum Gasteiger partial charge on any atom is 0.119 e. The third-order valence-corrected chi connectivity index (χ3v) is 5.51. The summed E-state index contributed by atoms with van der Waals surface area (Å²) >= 11 is 9.39. The number of rotatable bonds is 4. The third kappa shape index (κ3) is 3.15. The van der Waals surface area contributed by atoms with Gasteiger partial charge in [-0.3, -0.25) is 0 Å². The first-order chi connectivity index (χ1) is 9.71. The molecule has 110 valence electrons. The van der Waals surface area contributed by atoms with Crippen LogP contribution in [0.15, 0.2) is 22.7 Å². The average molecular weight is 360 g/mol. The van der Waals surface area contributed by atoms with E-state index in [2.05, 4.69) is 15.9 Å². The minimum Gasteiger partial charge on any atom is -0.491 e. The lowest BCUT2D eigenvalue weighted by atomic mass is 9.98. The Bertz CT molecular complexity index is 472. The molecule has 2 fully saturated rings. The van der Waals surface area contributed by atoms with Crippen molar-refractivity contribution in [3.8, 4) is 5.75 Å². The van der Waals surface area contributed by atoms with Gasteiger partial charge in [-0.05, 0) is 49.4 Å². The second kappa shape index (κ2) is 6.25. The molecule has 1 atom stereocenters. The molecule has 1 saturated carbocycles. The van der Waals surface area contributed by atoms with Gasteiger partial charge in [0.25, 0.3) is 0 Å². The summed E-state index contributed by atoms with van der Waals surface area (Å²) in [6, 6.07) is 5.96. The normalized spacial score (nSPS) is 24.4. The average Bonchev–Trinajstić information content (AvgIpc) is 3.09. The van der Waals surface area contributed by atoms with Crippen LogP contribution in [0.1, 0.15) is 44.1 Å². The van der Waals surface area contributed by atoms with E-state index in [1.165, 1.54) is 32.1 Å². The lowest BCUT2D eigenvalue weighted by Gasteiger charge is -2.23. The Kier molecular flexibility index (Phi) is 4.58. The Morgan fingerprint density at radius 1 is 1.30 bits per heavy atom. The summed E-state index contributed by atoms with van der Waals surface area (Å²) < 4.78 is 13.2. The number of alkyl halides is 1.